The van der Waals surface area contributed by atoms with Crippen molar-refractivity contribution in [1.82, 2.24) is 4.98 Å². The fourth-order valence-corrected chi connectivity index (χ4v) is 6.11. The van der Waals surface area contributed by atoms with Gasteiger partial charge in [-0.2, -0.15) is 0 Å². The molecule has 1 amide bonds. The minimum atomic E-state index is 0.0244. The highest BCUT2D eigenvalue weighted by atomic mass is 32.1. The highest BCUT2D eigenvalue weighted by Gasteiger charge is 2.41. The highest BCUT2D eigenvalue weighted by molar-refractivity contribution is 7.22. The zero-order valence-corrected chi connectivity index (χ0v) is 17.3. The zero-order chi connectivity index (χ0) is 20.0. The Morgan fingerprint density at radius 2 is 1.86 bits per heavy atom. The van der Waals surface area contributed by atoms with E-state index in [-0.39, 0.29) is 11.7 Å². The van der Waals surface area contributed by atoms with Crippen molar-refractivity contribution >= 4 is 44.1 Å². The number of fused-ring (bicyclic) bond motifs is 3. The van der Waals surface area contributed by atoms with E-state index >= 15 is 0 Å². The third-order valence-electron chi connectivity index (χ3n) is 6.58. The number of hydrogen-bond donors (Lipinski definition) is 0. The second-order valence-corrected chi connectivity index (χ2v) is 9.44. The standard InChI is InChI=1S/C24H24N2O2S/c1-15(27)17-8-10-20(11-9-17)26(24-25-21-4-2-3-5-22(21)29-24)23(28)14-19-13-16-6-7-18(19)12-16/h2-5,8-11,16,18-19H,6-7,12-14H2,1H3. The molecule has 3 atom stereocenters. The Bertz CT molecular complexity index is 1040. The molecule has 148 valence electrons. The van der Waals surface area contributed by atoms with E-state index in [1.54, 1.807) is 24.0 Å². The first-order valence-electron chi connectivity index (χ1n) is 10.4. The molecule has 2 aliphatic carbocycles. The smallest absolute Gasteiger partial charge is 0.233 e. The van der Waals surface area contributed by atoms with Crippen LogP contribution in [0.4, 0.5) is 10.8 Å². The third-order valence-corrected chi connectivity index (χ3v) is 7.60. The third kappa shape index (κ3) is 3.48. The van der Waals surface area contributed by atoms with Gasteiger partial charge >= 0.3 is 0 Å². The van der Waals surface area contributed by atoms with Crippen LogP contribution in [0.2, 0.25) is 0 Å². The predicted molar refractivity (Wildman–Crippen MR) is 117 cm³/mol. The molecule has 0 spiro atoms. The van der Waals surface area contributed by atoms with E-state index in [0.29, 0.717) is 29.0 Å². The molecule has 3 unspecified atom stereocenters. The molecule has 3 aromatic rings. The number of rotatable bonds is 5. The second-order valence-electron chi connectivity index (χ2n) is 8.44. The first-order chi connectivity index (χ1) is 14.1. The first-order valence-corrected chi connectivity index (χ1v) is 11.2. The fraction of sp³-hybridized carbons (Fsp3) is 0.375. The van der Waals surface area contributed by atoms with Gasteiger partial charge in [0.05, 0.1) is 15.9 Å². The van der Waals surface area contributed by atoms with Crippen molar-refractivity contribution in [1.29, 1.82) is 0 Å². The van der Waals surface area contributed by atoms with Gasteiger partial charge in [-0.15, -0.1) is 0 Å². The number of benzene rings is 2. The lowest BCUT2D eigenvalue weighted by Crippen LogP contribution is -2.29. The van der Waals surface area contributed by atoms with E-state index in [1.165, 1.54) is 37.0 Å². The van der Waals surface area contributed by atoms with Crippen LogP contribution < -0.4 is 4.90 Å². The van der Waals surface area contributed by atoms with Gasteiger partial charge in [-0.05, 0) is 80.3 Å². The molecule has 5 rings (SSSR count). The lowest BCUT2D eigenvalue weighted by atomic mass is 9.86. The predicted octanol–water partition coefficient (Wildman–Crippen LogP) is 5.99. The highest BCUT2D eigenvalue weighted by Crippen LogP contribution is 2.50. The molecule has 2 aromatic carbocycles. The van der Waals surface area contributed by atoms with Crippen molar-refractivity contribution in [3.05, 3.63) is 54.1 Å². The molecule has 0 aliphatic heterocycles. The summed E-state index contributed by atoms with van der Waals surface area (Å²) in [5.41, 5.74) is 2.34. The number of carbonyl (C=O) groups is 2. The number of para-hydroxylation sites is 1. The SMILES string of the molecule is CC(=O)c1ccc(N(C(=O)CC2CC3CCC2C3)c2nc3ccccc3s2)cc1. The van der Waals surface area contributed by atoms with Crippen LogP contribution in [0.1, 0.15) is 49.4 Å². The van der Waals surface area contributed by atoms with Gasteiger partial charge in [0.2, 0.25) is 5.91 Å². The van der Waals surface area contributed by atoms with E-state index < -0.39 is 0 Å². The normalized spacial score (nSPS) is 22.9. The molecular weight excluding hydrogens is 380 g/mol. The Hall–Kier alpha value is -2.53. The average molecular weight is 405 g/mol. The minimum absolute atomic E-state index is 0.0244. The number of thiazole rings is 1. The summed E-state index contributed by atoms with van der Waals surface area (Å²) in [7, 11) is 0. The van der Waals surface area contributed by atoms with Crippen LogP contribution in [0.3, 0.4) is 0 Å². The Kier molecular flexibility index (Phi) is 4.70. The van der Waals surface area contributed by atoms with Crippen LogP contribution in [0.15, 0.2) is 48.5 Å². The van der Waals surface area contributed by atoms with E-state index in [2.05, 4.69) is 0 Å². The number of amides is 1. The maximum Gasteiger partial charge on any atom is 0.233 e. The molecule has 5 heteroatoms. The maximum atomic E-state index is 13.5. The molecule has 1 aromatic heterocycles. The number of aromatic nitrogens is 1. The molecule has 4 nitrogen and oxygen atoms in total. The Morgan fingerprint density at radius 3 is 2.52 bits per heavy atom. The van der Waals surface area contributed by atoms with Crippen LogP contribution in [-0.4, -0.2) is 16.7 Å². The Labute approximate surface area is 174 Å². The van der Waals surface area contributed by atoms with Gasteiger partial charge in [0.25, 0.3) is 0 Å². The molecule has 2 fully saturated rings. The fourth-order valence-electron chi connectivity index (χ4n) is 5.10. The molecule has 2 aliphatic rings. The summed E-state index contributed by atoms with van der Waals surface area (Å²) in [5, 5.41) is 0.704. The van der Waals surface area contributed by atoms with Crippen LogP contribution >= 0.6 is 11.3 Å². The number of hydrogen-bond acceptors (Lipinski definition) is 4. The van der Waals surface area contributed by atoms with Crippen molar-refractivity contribution in [3.8, 4) is 0 Å². The number of nitrogens with zero attached hydrogens (tertiary/aromatic N) is 2. The largest absolute Gasteiger partial charge is 0.295 e. The number of ketones is 1. The molecule has 0 saturated heterocycles. The summed E-state index contributed by atoms with van der Waals surface area (Å²) in [6.07, 6.45) is 5.67. The van der Waals surface area contributed by atoms with Gasteiger partial charge in [-0.25, -0.2) is 4.98 Å². The maximum absolute atomic E-state index is 13.5. The summed E-state index contributed by atoms with van der Waals surface area (Å²) >= 11 is 1.54. The number of anilines is 2. The summed E-state index contributed by atoms with van der Waals surface area (Å²) in [6.45, 7) is 1.56. The first kappa shape index (κ1) is 18.5. The van der Waals surface area contributed by atoms with Gasteiger partial charge in [-0.3, -0.25) is 14.5 Å². The molecule has 2 bridgehead atoms. The molecule has 1 heterocycles. The quantitative estimate of drug-likeness (QED) is 0.491. The van der Waals surface area contributed by atoms with Gasteiger partial charge in [0.1, 0.15) is 0 Å². The van der Waals surface area contributed by atoms with E-state index in [0.717, 1.165) is 21.8 Å². The van der Waals surface area contributed by atoms with E-state index in [9.17, 15) is 9.59 Å². The van der Waals surface area contributed by atoms with Crippen molar-refractivity contribution in [2.45, 2.75) is 39.0 Å². The van der Waals surface area contributed by atoms with E-state index in [4.69, 9.17) is 4.98 Å². The summed E-state index contributed by atoms with van der Waals surface area (Å²) in [4.78, 5) is 31.7. The van der Waals surface area contributed by atoms with Gasteiger partial charge in [0, 0.05) is 12.0 Å². The lowest BCUT2D eigenvalue weighted by molar-refractivity contribution is -0.119. The van der Waals surface area contributed by atoms with Crippen molar-refractivity contribution in [2.75, 3.05) is 4.90 Å². The molecule has 2 saturated carbocycles. The summed E-state index contributed by atoms with van der Waals surface area (Å²) in [5.74, 6) is 2.16. The zero-order valence-electron chi connectivity index (χ0n) is 16.5. The van der Waals surface area contributed by atoms with Crippen molar-refractivity contribution in [2.24, 2.45) is 17.8 Å². The van der Waals surface area contributed by atoms with Crippen LogP contribution in [-0.2, 0) is 4.79 Å². The Morgan fingerprint density at radius 1 is 1.07 bits per heavy atom. The number of carbonyl (C=O) groups excluding carboxylic acids is 2. The Balaban J connectivity index is 1.49. The minimum Gasteiger partial charge on any atom is -0.295 e. The van der Waals surface area contributed by atoms with Gasteiger partial charge in [0.15, 0.2) is 10.9 Å². The summed E-state index contributed by atoms with van der Waals surface area (Å²) in [6, 6.07) is 15.3. The topological polar surface area (TPSA) is 50.3 Å². The van der Waals surface area contributed by atoms with Gasteiger partial charge < -0.3 is 0 Å². The average Bonchev–Trinajstić information content (AvgIpc) is 3.43. The molecule has 0 radical (unpaired) electrons. The van der Waals surface area contributed by atoms with E-state index in [1.807, 2.05) is 36.4 Å². The lowest BCUT2D eigenvalue weighted by Gasteiger charge is -2.25. The number of Topliss-reactive ketones (excluding diaryl/α,β-unsaturated/α-hetero) is 1. The van der Waals surface area contributed by atoms with Crippen molar-refractivity contribution in [3.63, 3.8) is 0 Å². The second kappa shape index (κ2) is 7.38. The molecular formula is C24H24N2O2S. The van der Waals surface area contributed by atoms with Crippen molar-refractivity contribution < 1.29 is 9.59 Å². The molecule has 29 heavy (non-hydrogen) atoms. The van der Waals surface area contributed by atoms with Crippen LogP contribution in [0.25, 0.3) is 10.2 Å². The monoisotopic (exact) mass is 404 g/mol. The van der Waals surface area contributed by atoms with Gasteiger partial charge in [-0.1, -0.05) is 29.9 Å². The van der Waals surface area contributed by atoms with Crippen LogP contribution in [0, 0.1) is 17.8 Å². The summed E-state index contributed by atoms with van der Waals surface area (Å²) < 4.78 is 1.07. The van der Waals surface area contributed by atoms with Crippen LogP contribution in [0.5, 0.6) is 0 Å². The molecule has 0 N–H and O–H groups in total.